The van der Waals surface area contributed by atoms with Crippen LogP contribution in [-0.4, -0.2) is 25.2 Å². The molecule has 1 N–H and O–H groups in total. The quantitative estimate of drug-likeness (QED) is 0.628. The Balaban J connectivity index is 2.37. The third-order valence-electron chi connectivity index (χ3n) is 1.32. The van der Waals surface area contributed by atoms with Crippen molar-refractivity contribution in [2.45, 2.75) is 0 Å². The van der Waals surface area contributed by atoms with Crippen LogP contribution in [0, 0.1) is 0 Å². The normalized spacial score (nSPS) is 9.83. The minimum atomic E-state index is 0.666. The Hall–Kier alpha value is -0.610. The molecule has 1 aromatic rings. The van der Waals surface area contributed by atoms with Gasteiger partial charge in [0.1, 0.15) is 17.0 Å². The Morgan fingerprint density at radius 1 is 1.58 bits per heavy atom. The summed E-state index contributed by atoms with van der Waals surface area (Å²) in [5.41, 5.74) is 0. The summed E-state index contributed by atoms with van der Waals surface area (Å²) in [6, 6.07) is 3.74. The van der Waals surface area contributed by atoms with Crippen molar-refractivity contribution in [1.29, 1.82) is 0 Å². The molecule has 0 aliphatic heterocycles. The zero-order valence-electron chi connectivity index (χ0n) is 6.88. The minimum absolute atomic E-state index is 0.666. The molecule has 4 heteroatoms. The minimum Gasteiger partial charge on any atom is -0.491 e. The van der Waals surface area contributed by atoms with E-state index < -0.39 is 0 Å². The van der Waals surface area contributed by atoms with Crippen LogP contribution in [0.4, 0.5) is 0 Å². The van der Waals surface area contributed by atoms with Gasteiger partial charge >= 0.3 is 0 Å². The van der Waals surface area contributed by atoms with Crippen molar-refractivity contribution in [1.82, 2.24) is 10.3 Å². The van der Waals surface area contributed by atoms with Crippen molar-refractivity contribution in [3.63, 3.8) is 0 Å². The largest absolute Gasteiger partial charge is 0.491 e. The number of ether oxygens (including phenoxy) is 1. The van der Waals surface area contributed by atoms with Crippen LogP contribution in [0.2, 0.25) is 0 Å². The number of nitrogens with zero attached hydrogens (tertiary/aromatic N) is 1. The smallest absolute Gasteiger partial charge is 0.137 e. The van der Waals surface area contributed by atoms with Crippen LogP contribution in [0.1, 0.15) is 0 Å². The fourth-order valence-corrected chi connectivity index (χ4v) is 0.953. The van der Waals surface area contributed by atoms with E-state index in [1.807, 2.05) is 19.2 Å². The van der Waals surface area contributed by atoms with Gasteiger partial charge in [-0.05, 0) is 35.1 Å². The fraction of sp³-hybridized carbons (Fsp3) is 0.375. The monoisotopic (exact) mass is 230 g/mol. The molecule has 66 valence electrons. The summed E-state index contributed by atoms with van der Waals surface area (Å²) in [6.45, 7) is 1.51. The van der Waals surface area contributed by atoms with E-state index >= 15 is 0 Å². The molecule has 0 fully saturated rings. The second-order valence-electron chi connectivity index (χ2n) is 2.27. The van der Waals surface area contributed by atoms with Crippen LogP contribution in [0.25, 0.3) is 0 Å². The van der Waals surface area contributed by atoms with Crippen molar-refractivity contribution in [2.75, 3.05) is 20.2 Å². The van der Waals surface area contributed by atoms with Gasteiger partial charge in [0.15, 0.2) is 0 Å². The van der Waals surface area contributed by atoms with Gasteiger partial charge < -0.3 is 10.1 Å². The summed E-state index contributed by atoms with van der Waals surface area (Å²) >= 11 is 3.25. The average Bonchev–Trinajstić information content (AvgIpc) is 2.09. The number of likely N-dealkylation sites (N-methyl/N-ethyl adjacent to an activating group) is 1. The molecule has 0 aromatic carbocycles. The van der Waals surface area contributed by atoms with E-state index in [2.05, 4.69) is 26.2 Å². The topological polar surface area (TPSA) is 34.1 Å². The Labute approximate surface area is 80.3 Å². The Morgan fingerprint density at radius 3 is 3.00 bits per heavy atom. The van der Waals surface area contributed by atoms with Gasteiger partial charge in [-0.1, -0.05) is 0 Å². The third kappa shape index (κ3) is 3.19. The zero-order valence-corrected chi connectivity index (χ0v) is 8.47. The maximum atomic E-state index is 5.36. The molecule has 0 spiro atoms. The van der Waals surface area contributed by atoms with Gasteiger partial charge in [-0.25, -0.2) is 4.98 Å². The van der Waals surface area contributed by atoms with Crippen molar-refractivity contribution in [3.8, 4) is 5.75 Å². The van der Waals surface area contributed by atoms with Gasteiger partial charge in [-0.15, -0.1) is 0 Å². The molecule has 0 aliphatic rings. The van der Waals surface area contributed by atoms with Crippen LogP contribution < -0.4 is 10.1 Å². The van der Waals surface area contributed by atoms with E-state index in [0.717, 1.165) is 16.9 Å². The molecule has 12 heavy (non-hydrogen) atoms. The molecule has 1 aromatic heterocycles. The van der Waals surface area contributed by atoms with Gasteiger partial charge in [0.2, 0.25) is 0 Å². The number of hydrogen-bond donors (Lipinski definition) is 1. The molecule has 0 aliphatic carbocycles. The van der Waals surface area contributed by atoms with Crippen molar-refractivity contribution in [2.24, 2.45) is 0 Å². The van der Waals surface area contributed by atoms with E-state index in [-0.39, 0.29) is 0 Å². The molecule has 0 saturated heterocycles. The predicted octanol–water partition coefficient (Wildman–Crippen LogP) is 1.44. The number of hydrogen-bond acceptors (Lipinski definition) is 3. The number of nitrogens with one attached hydrogen (secondary N) is 1. The van der Waals surface area contributed by atoms with Crippen LogP contribution in [0.15, 0.2) is 22.9 Å². The van der Waals surface area contributed by atoms with E-state index in [0.29, 0.717) is 6.61 Å². The summed E-state index contributed by atoms with van der Waals surface area (Å²) in [5.74, 6) is 0.799. The summed E-state index contributed by atoms with van der Waals surface area (Å²) in [6.07, 6.45) is 1.69. The number of pyridine rings is 1. The molecule has 0 radical (unpaired) electrons. The molecule has 0 atom stereocenters. The highest BCUT2D eigenvalue weighted by Gasteiger charge is 1.92. The van der Waals surface area contributed by atoms with Crippen LogP contribution in [0.5, 0.6) is 5.75 Å². The lowest BCUT2D eigenvalue weighted by Gasteiger charge is -2.04. The molecule has 0 amide bonds. The Kier molecular flexibility index (Phi) is 4.04. The molecule has 1 heterocycles. The van der Waals surface area contributed by atoms with E-state index in [1.165, 1.54) is 0 Å². The lowest BCUT2D eigenvalue weighted by atomic mass is 10.5. The van der Waals surface area contributed by atoms with E-state index in [9.17, 15) is 0 Å². The number of aromatic nitrogens is 1. The molecule has 3 nitrogen and oxygen atoms in total. The van der Waals surface area contributed by atoms with Gasteiger partial charge in [-0.3, -0.25) is 0 Å². The number of rotatable bonds is 4. The molecular formula is C8H11BrN2O. The first-order valence-corrected chi connectivity index (χ1v) is 4.51. The van der Waals surface area contributed by atoms with Gasteiger partial charge in [0.05, 0.1) is 6.20 Å². The average molecular weight is 231 g/mol. The van der Waals surface area contributed by atoms with Crippen molar-refractivity contribution < 1.29 is 4.74 Å². The SMILES string of the molecule is CNCCOc1ccc(Br)nc1. The fourth-order valence-electron chi connectivity index (χ4n) is 0.719. The second-order valence-corrected chi connectivity index (χ2v) is 3.08. The number of halogens is 1. The maximum Gasteiger partial charge on any atom is 0.137 e. The van der Waals surface area contributed by atoms with E-state index in [1.54, 1.807) is 6.20 Å². The first kappa shape index (κ1) is 9.48. The molecule has 0 bridgehead atoms. The second kappa shape index (κ2) is 5.11. The molecule has 0 unspecified atom stereocenters. The lowest BCUT2D eigenvalue weighted by molar-refractivity contribution is 0.317. The maximum absolute atomic E-state index is 5.36. The highest BCUT2D eigenvalue weighted by molar-refractivity contribution is 9.10. The third-order valence-corrected chi connectivity index (χ3v) is 1.79. The summed E-state index contributed by atoms with van der Waals surface area (Å²) in [5, 5.41) is 2.99. The highest BCUT2D eigenvalue weighted by atomic mass is 79.9. The van der Waals surface area contributed by atoms with Crippen LogP contribution in [0.3, 0.4) is 0 Å². The van der Waals surface area contributed by atoms with Crippen molar-refractivity contribution >= 4 is 15.9 Å². The highest BCUT2D eigenvalue weighted by Crippen LogP contribution is 2.11. The Morgan fingerprint density at radius 2 is 2.42 bits per heavy atom. The van der Waals surface area contributed by atoms with E-state index in [4.69, 9.17) is 4.74 Å². The van der Waals surface area contributed by atoms with Gasteiger partial charge in [-0.2, -0.15) is 0 Å². The summed E-state index contributed by atoms with van der Waals surface area (Å²) in [7, 11) is 1.89. The zero-order chi connectivity index (χ0) is 8.81. The van der Waals surface area contributed by atoms with Crippen LogP contribution in [-0.2, 0) is 0 Å². The first-order valence-electron chi connectivity index (χ1n) is 3.72. The standard InChI is InChI=1S/C8H11BrN2O/c1-10-4-5-12-7-2-3-8(9)11-6-7/h2-3,6,10H,4-5H2,1H3. The van der Waals surface area contributed by atoms with Crippen molar-refractivity contribution in [3.05, 3.63) is 22.9 Å². The molecular weight excluding hydrogens is 220 g/mol. The van der Waals surface area contributed by atoms with Gasteiger partial charge in [0.25, 0.3) is 0 Å². The summed E-state index contributed by atoms with van der Waals surface area (Å²) < 4.78 is 6.18. The first-order chi connectivity index (χ1) is 5.83. The van der Waals surface area contributed by atoms with Gasteiger partial charge in [0, 0.05) is 6.54 Å². The Bertz CT molecular complexity index is 225. The lowest BCUT2D eigenvalue weighted by Crippen LogP contribution is -2.15. The summed E-state index contributed by atoms with van der Waals surface area (Å²) in [4.78, 5) is 4.03. The molecule has 0 saturated carbocycles. The predicted molar refractivity (Wildman–Crippen MR) is 51.4 cm³/mol. The molecule has 1 rings (SSSR count). The van der Waals surface area contributed by atoms with Crippen LogP contribution >= 0.6 is 15.9 Å².